The number of nitrogens with one attached hydrogen (secondary N) is 1. The van der Waals surface area contributed by atoms with Gasteiger partial charge in [0.2, 0.25) is 11.5 Å². The third kappa shape index (κ3) is 7.07. The summed E-state index contributed by atoms with van der Waals surface area (Å²) in [6.07, 6.45) is -2.61. The van der Waals surface area contributed by atoms with Crippen molar-refractivity contribution < 1.29 is 41.7 Å². The van der Waals surface area contributed by atoms with Crippen molar-refractivity contribution in [2.24, 2.45) is 5.73 Å². The number of carbonyl (C=O) groups excluding carboxylic acids is 2. The summed E-state index contributed by atoms with van der Waals surface area (Å²) in [5.41, 5.74) is 2.96. The van der Waals surface area contributed by atoms with E-state index in [2.05, 4.69) is 15.3 Å². The van der Waals surface area contributed by atoms with E-state index in [0.717, 1.165) is 35.9 Å². The van der Waals surface area contributed by atoms with Gasteiger partial charge < -0.3 is 25.6 Å². The van der Waals surface area contributed by atoms with Crippen molar-refractivity contribution in [2.75, 3.05) is 13.2 Å². The topological polar surface area (TPSA) is 137 Å². The molecule has 0 aliphatic heterocycles. The summed E-state index contributed by atoms with van der Waals surface area (Å²) in [7, 11) is 0. The number of thiazole rings is 1. The van der Waals surface area contributed by atoms with Crippen LogP contribution in [-0.2, 0) is 16.8 Å². The van der Waals surface area contributed by atoms with Crippen molar-refractivity contribution in [2.45, 2.75) is 44.1 Å². The number of aliphatic hydroxyl groups is 1. The summed E-state index contributed by atoms with van der Waals surface area (Å²) >= 11 is 1.36. The van der Waals surface area contributed by atoms with E-state index in [4.69, 9.17) is 15.2 Å². The highest BCUT2D eigenvalue weighted by molar-refractivity contribution is 7.13. The second-order valence-electron chi connectivity index (χ2n) is 10.4. The predicted molar refractivity (Wildman–Crippen MR) is 157 cm³/mol. The number of rotatable bonds is 12. The van der Waals surface area contributed by atoms with E-state index in [0.29, 0.717) is 11.3 Å². The van der Waals surface area contributed by atoms with Gasteiger partial charge in [-0.1, -0.05) is 0 Å². The lowest BCUT2D eigenvalue weighted by Gasteiger charge is -2.31. The van der Waals surface area contributed by atoms with E-state index in [1.165, 1.54) is 35.6 Å². The van der Waals surface area contributed by atoms with E-state index < -0.39 is 48.1 Å². The molecule has 45 heavy (non-hydrogen) atoms. The van der Waals surface area contributed by atoms with Crippen LogP contribution in [0, 0.1) is 5.82 Å². The van der Waals surface area contributed by atoms with E-state index >= 15 is 0 Å². The molecule has 1 aliphatic carbocycles. The minimum Gasteiger partial charge on any atom is -0.491 e. The maximum Gasteiger partial charge on any atom is 0.424 e. The average molecular weight is 645 g/mol. The molecule has 0 unspecified atom stereocenters. The number of benzene rings is 2. The Balaban J connectivity index is 1.52. The number of hydrogen-bond acceptors (Lipinski definition) is 8. The summed E-state index contributed by atoms with van der Waals surface area (Å²) in [5, 5.41) is 13.4. The summed E-state index contributed by atoms with van der Waals surface area (Å²) in [6, 6.07) is 10.0. The van der Waals surface area contributed by atoms with Crippen LogP contribution in [0.5, 0.6) is 11.5 Å². The van der Waals surface area contributed by atoms with Crippen LogP contribution in [-0.4, -0.2) is 52.3 Å². The minimum absolute atomic E-state index is 0.00418. The van der Waals surface area contributed by atoms with Gasteiger partial charge in [-0.3, -0.25) is 14.6 Å². The Morgan fingerprint density at radius 3 is 2.47 bits per heavy atom. The van der Waals surface area contributed by atoms with Crippen LogP contribution in [0.15, 0.2) is 60.2 Å². The lowest BCUT2D eigenvalue weighted by Crippen LogP contribution is -2.51. The first-order valence-corrected chi connectivity index (χ1v) is 14.8. The number of pyridine rings is 1. The Morgan fingerprint density at radius 2 is 1.87 bits per heavy atom. The Hall–Kier alpha value is -4.56. The second-order valence-corrected chi connectivity index (χ2v) is 11.2. The number of nitrogens with two attached hydrogens (primary N) is 1. The standard InChI is InChI=1S/C31H28F4N4O5S/c1-2-43-28-19(13-26(36)40)12-25(39-27(28)17-3-6-20(32)7-4-17)30(42,31(33,34)35)15-38-29(41)18-5-10-22(24-14-37-16-45-24)23(11-18)44-21-8-9-21/h3-7,10-12,14,16,21,42H,2,8-9,13,15H2,1H3,(H2,36,40)(H,38,41)/t30-/m0/s1. The number of nitrogens with zero attached hydrogens (tertiary/aromatic N) is 2. The molecular weight excluding hydrogens is 616 g/mol. The molecule has 1 atom stereocenters. The Morgan fingerprint density at radius 1 is 1.13 bits per heavy atom. The van der Waals surface area contributed by atoms with Gasteiger partial charge in [0.15, 0.2) is 0 Å². The van der Waals surface area contributed by atoms with Crippen LogP contribution in [0.2, 0.25) is 0 Å². The number of amides is 2. The first-order valence-electron chi connectivity index (χ1n) is 13.9. The largest absolute Gasteiger partial charge is 0.491 e. The molecular formula is C31H28F4N4O5S. The van der Waals surface area contributed by atoms with E-state index in [1.807, 2.05) is 0 Å². The van der Waals surface area contributed by atoms with Crippen LogP contribution < -0.4 is 20.5 Å². The van der Waals surface area contributed by atoms with Crippen molar-refractivity contribution in [3.63, 3.8) is 0 Å². The number of primary amides is 1. The Labute approximate surface area is 259 Å². The SMILES string of the molecule is CCOc1c(CC(N)=O)cc([C@@](O)(CNC(=O)c2ccc(-c3cncs3)c(OC3CC3)c2)C(F)(F)F)nc1-c1ccc(F)cc1. The fourth-order valence-corrected chi connectivity index (χ4v) is 5.20. The first kappa shape index (κ1) is 31.9. The minimum atomic E-state index is -5.35. The number of ether oxygens (including phenoxy) is 2. The van der Waals surface area contributed by atoms with Crippen LogP contribution in [0.3, 0.4) is 0 Å². The molecule has 0 spiro atoms. The molecule has 14 heteroatoms. The van der Waals surface area contributed by atoms with Crippen molar-refractivity contribution in [1.82, 2.24) is 15.3 Å². The fourth-order valence-electron chi connectivity index (χ4n) is 4.55. The Bertz CT molecular complexity index is 1700. The average Bonchev–Trinajstić information content (AvgIpc) is 3.64. The van der Waals surface area contributed by atoms with E-state index in [1.54, 1.807) is 24.7 Å². The van der Waals surface area contributed by atoms with Gasteiger partial charge in [-0.05, 0) is 68.3 Å². The molecule has 2 heterocycles. The van der Waals surface area contributed by atoms with Gasteiger partial charge >= 0.3 is 6.18 Å². The van der Waals surface area contributed by atoms with Gasteiger partial charge in [0.1, 0.15) is 23.0 Å². The molecule has 1 aliphatic rings. The van der Waals surface area contributed by atoms with Crippen molar-refractivity contribution in [1.29, 1.82) is 0 Å². The summed E-state index contributed by atoms with van der Waals surface area (Å²) < 4.78 is 69.2. The molecule has 0 bridgehead atoms. The van der Waals surface area contributed by atoms with Gasteiger partial charge in [-0.25, -0.2) is 9.37 Å². The number of carbonyl (C=O) groups is 2. The van der Waals surface area contributed by atoms with Gasteiger partial charge in [-0.2, -0.15) is 13.2 Å². The first-order chi connectivity index (χ1) is 21.4. The monoisotopic (exact) mass is 644 g/mol. The lowest BCUT2D eigenvalue weighted by molar-refractivity contribution is -0.265. The highest BCUT2D eigenvalue weighted by Gasteiger charge is 2.56. The molecule has 9 nitrogen and oxygen atoms in total. The molecule has 2 aromatic carbocycles. The van der Waals surface area contributed by atoms with E-state index in [-0.39, 0.29) is 40.8 Å². The van der Waals surface area contributed by atoms with Crippen molar-refractivity contribution in [3.8, 4) is 33.2 Å². The number of hydrogen-bond donors (Lipinski definition) is 3. The van der Waals surface area contributed by atoms with Crippen LogP contribution in [0.4, 0.5) is 17.6 Å². The number of aromatic nitrogens is 2. The third-order valence-corrected chi connectivity index (χ3v) is 7.78. The molecule has 1 fully saturated rings. The molecule has 2 amide bonds. The highest BCUT2D eigenvalue weighted by Crippen LogP contribution is 2.42. The van der Waals surface area contributed by atoms with Crippen LogP contribution in [0.25, 0.3) is 21.7 Å². The number of halogens is 4. The Kier molecular flexibility index (Phi) is 9.07. The predicted octanol–water partition coefficient (Wildman–Crippen LogP) is 5.16. The second kappa shape index (κ2) is 12.8. The molecule has 0 saturated heterocycles. The third-order valence-electron chi connectivity index (χ3n) is 6.98. The summed E-state index contributed by atoms with van der Waals surface area (Å²) in [5.74, 6) is -2.06. The van der Waals surface area contributed by atoms with Gasteiger partial charge in [0.25, 0.3) is 5.91 Å². The van der Waals surface area contributed by atoms with E-state index in [9.17, 15) is 32.3 Å². The molecule has 4 aromatic rings. The highest BCUT2D eigenvalue weighted by atomic mass is 32.1. The molecule has 5 rings (SSSR count). The zero-order valence-electron chi connectivity index (χ0n) is 23.9. The summed E-state index contributed by atoms with van der Waals surface area (Å²) in [6.45, 7) is 0.336. The summed E-state index contributed by atoms with van der Waals surface area (Å²) in [4.78, 5) is 34.0. The zero-order valence-corrected chi connectivity index (χ0v) is 24.7. The maximum atomic E-state index is 14.7. The van der Waals surface area contributed by atoms with Crippen LogP contribution >= 0.6 is 11.3 Å². The van der Waals surface area contributed by atoms with Crippen molar-refractivity contribution in [3.05, 3.63) is 82.9 Å². The molecule has 0 radical (unpaired) electrons. The van der Waals surface area contributed by atoms with Gasteiger partial charge in [0.05, 0.1) is 41.8 Å². The van der Waals surface area contributed by atoms with Gasteiger partial charge in [0, 0.05) is 28.5 Å². The van der Waals surface area contributed by atoms with Crippen molar-refractivity contribution >= 4 is 23.2 Å². The molecule has 236 valence electrons. The van der Waals surface area contributed by atoms with Crippen LogP contribution in [0.1, 0.15) is 41.4 Å². The zero-order chi connectivity index (χ0) is 32.4. The number of alkyl halides is 3. The normalized spacial score (nSPS) is 14.4. The molecule has 1 saturated carbocycles. The quantitative estimate of drug-likeness (QED) is 0.181. The van der Waals surface area contributed by atoms with Gasteiger partial charge in [-0.15, -0.1) is 11.3 Å². The lowest BCUT2D eigenvalue weighted by atomic mass is 9.93. The maximum absolute atomic E-state index is 14.7. The smallest absolute Gasteiger partial charge is 0.424 e. The molecule has 4 N–H and O–H groups in total. The fraction of sp³-hybridized carbons (Fsp3) is 0.290. The molecule has 2 aromatic heterocycles.